The molecule has 0 fully saturated rings. The van der Waals surface area contributed by atoms with Crippen LogP contribution in [0.4, 0.5) is 5.13 Å². The van der Waals surface area contributed by atoms with E-state index in [9.17, 15) is 0 Å². The van der Waals surface area contributed by atoms with Crippen molar-refractivity contribution in [1.29, 1.82) is 0 Å². The number of benzene rings is 1. The number of aromatic nitrogens is 2. The van der Waals surface area contributed by atoms with Gasteiger partial charge in [-0.15, -0.1) is 11.3 Å². The van der Waals surface area contributed by atoms with E-state index in [2.05, 4.69) is 39.2 Å². The molecule has 0 spiro atoms. The normalized spacial score (nSPS) is 10.8. The van der Waals surface area contributed by atoms with E-state index >= 15 is 0 Å². The predicted molar refractivity (Wildman–Crippen MR) is 108 cm³/mol. The van der Waals surface area contributed by atoms with Crippen LogP contribution < -0.4 is 11.5 Å². The minimum Gasteiger partial charge on any atom is -0.446 e. The summed E-state index contributed by atoms with van der Waals surface area (Å²) in [4.78, 5) is 12.7. The molecule has 8 heteroatoms. The van der Waals surface area contributed by atoms with Gasteiger partial charge in [0, 0.05) is 29.7 Å². The third-order valence-corrected chi connectivity index (χ3v) is 5.35. The molecule has 0 atom stereocenters. The van der Waals surface area contributed by atoms with Gasteiger partial charge in [-0.1, -0.05) is 30.3 Å². The maximum Gasteiger partial charge on any atom is 0.212 e. The van der Waals surface area contributed by atoms with Crippen molar-refractivity contribution >= 4 is 34.2 Å². The highest BCUT2D eigenvalue weighted by molar-refractivity contribution is 7.98. The number of aryl methyl sites for hydroxylation is 3. The van der Waals surface area contributed by atoms with Gasteiger partial charge in [-0.3, -0.25) is 0 Å². The molecule has 1 aromatic carbocycles. The van der Waals surface area contributed by atoms with Crippen molar-refractivity contribution in [3.05, 3.63) is 64.8 Å². The Morgan fingerprint density at radius 3 is 2.81 bits per heavy atom. The fourth-order valence-corrected chi connectivity index (χ4v) is 3.98. The van der Waals surface area contributed by atoms with Crippen LogP contribution in [0.5, 0.6) is 0 Å². The zero-order chi connectivity index (χ0) is 18.2. The van der Waals surface area contributed by atoms with Gasteiger partial charge in [0.2, 0.25) is 5.13 Å². The van der Waals surface area contributed by atoms with E-state index in [0.717, 1.165) is 48.1 Å². The molecule has 0 aliphatic carbocycles. The Balaban J connectivity index is 1.38. The van der Waals surface area contributed by atoms with Crippen LogP contribution in [0, 0.1) is 0 Å². The first-order valence-electron chi connectivity index (χ1n) is 8.28. The number of nitrogens with zero attached hydrogens (tertiary/aromatic N) is 3. The van der Waals surface area contributed by atoms with E-state index in [1.165, 1.54) is 16.9 Å². The van der Waals surface area contributed by atoms with Crippen LogP contribution >= 0.6 is 23.1 Å². The zero-order valence-corrected chi connectivity index (χ0v) is 15.9. The van der Waals surface area contributed by atoms with Crippen molar-refractivity contribution in [3.63, 3.8) is 0 Å². The second kappa shape index (κ2) is 9.40. The largest absolute Gasteiger partial charge is 0.446 e. The van der Waals surface area contributed by atoms with Gasteiger partial charge in [-0.2, -0.15) is 16.8 Å². The highest BCUT2D eigenvalue weighted by atomic mass is 32.2. The highest BCUT2D eigenvalue weighted by Crippen LogP contribution is 2.22. The Labute approximate surface area is 160 Å². The van der Waals surface area contributed by atoms with Crippen molar-refractivity contribution < 1.29 is 4.42 Å². The molecule has 0 saturated carbocycles. The van der Waals surface area contributed by atoms with E-state index in [-0.39, 0.29) is 5.96 Å². The van der Waals surface area contributed by atoms with Gasteiger partial charge in [0.25, 0.3) is 0 Å². The van der Waals surface area contributed by atoms with Crippen LogP contribution in [0.25, 0.3) is 0 Å². The average Bonchev–Trinajstić information content (AvgIpc) is 3.27. The Morgan fingerprint density at radius 2 is 2.00 bits per heavy atom. The summed E-state index contributed by atoms with van der Waals surface area (Å²) in [6.45, 7) is 0. The highest BCUT2D eigenvalue weighted by Gasteiger charge is 2.06. The molecule has 2 heterocycles. The van der Waals surface area contributed by atoms with Gasteiger partial charge >= 0.3 is 0 Å². The lowest BCUT2D eigenvalue weighted by Crippen LogP contribution is -2.21. The second-order valence-corrected chi connectivity index (χ2v) is 7.61. The number of thioether (sulfide) groups is 1. The summed E-state index contributed by atoms with van der Waals surface area (Å²) >= 11 is 3.22. The average molecular weight is 388 g/mol. The monoisotopic (exact) mass is 387 g/mol. The molecule has 6 nitrogen and oxygen atoms in total. The van der Waals surface area contributed by atoms with Crippen molar-refractivity contribution in [3.8, 4) is 0 Å². The quantitative estimate of drug-likeness (QED) is 0.332. The first kappa shape index (κ1) is 18.5. The molecule has 0 saturated heterocycles. The summed E-state index contributed by atoms with van der Waals surface area (Å²) in [5, 5.41) is 2.57. The number of nitrogens with two attached hydrogens (primary N) is 2. The topological polar surface area (TPSA) is 103 Å². The minimum atomic E-state index is 0.0329. The van der Waals surface area contributed by atoms with Gasteiger partial charge < -0.3 is 15.9 Å². The molecule has 3 aromatic rings. The van der Waals surface area contributed by atoms with E-state index in [4.69, 9.17) is 15.9 Å². The molecule has 2 aromatic heterocycles. The summed E-state index contributed by atoms with van der Waals surface area (Å²) < 4.78 is 5.82. The lowest BCUT2D eigenvalue weighted by molar-refractivity contribution is 0.460. The molecule has 26 heavy (non-hydrogen) atoms. The number of rotatable bonds is 9. The lowest BCUT2D eigenvalue weighted by atomic mass is 10.1. The van der Waals surface area contributed by atoms with Gasteiger partial charge in [0.05, 0.1) is 11.9 Å². The Kier molecular flexibility index (Phi) is 6.68. The number of hydrogen-bond donors (Lipinski definition) is 2. The molecule has 3 rings (SSSR count). The summed E-state index contributed by atoms with van der Waals surface area (Å²) in [5.41, 5.74) is 13.0. The summed E-state index contributed by atoms with van der Waals surface area (Å²) in [7, 11) is 0. The summed E-state index contributed by atoms with van der Waals surface area (Å²) in [6.07, 6.45) is 4.48. The molecule has 0 aliphatic heterocycles. The number of guanidine groups is 1. The van der Waals surface area contributed by atoms with Gasteiger partial charge in [-0.25, -0.2) is 9.97 Å². The fraction of sp³-hybridized carbons (Fsp3) is 0.278. The number of thiazole rings is 1. The van der Waals surface area contributed by atoms with Crippen LogP contribution in [-0.2, 0) is 25.0 Å². The Morgan fingerprint density at radius 1 is 1.15 bits per heavy atom. The van der Waals surface area contributed by atoms with E-state index in [1.807, 2.05) is 17.6 Å². The second-order valence-electron chi connectivity index (χ2n) is 5.67. The van der Waals surface area contributed by atoms with Gasteiger partial charge in [0.1, 0.15) is 5.76 Å². The van der Waals surface area contributed by atoms with E-state index in [1.54, 1.807) is 11.8 Å². The number of oxazole rings is 1. The molecule has 136 valence electrons. The SMILES string of the molecule is NC(N)=Nc1nc(CSCCc2ncc(CCc3ccccc3)o2)cs1. The van der Waals surface area contributed by atoms with Crippen LogP contribution in [0.1, 0.15) is 22.9 Å². The third-order valence-electron chi connectivity index (χ3n) is 3.58. The van der Waals surface area contributed by atoms with Gasteiger partial charge in [0.15, 0.2) is 11.9 Å². The van der Waals surface area contributed by atoms with Crippen LogP contribution in [0.15, 0.2) is 51.3 Å². The first-order valence-corrected chi connectivity index (χ1v) is 10.3. The molecule has 0 amide bonds. The molecule has 0 radical (unpaired) electrons. The number of aliphatic imine (C=N–C) groups is 1. The Hall–Kier alpha value is -2.32. The standard InChI is InChI=1S/C18H21N5OS2/c19-17(20)23-18-22-14(12-26-18)11-25-9-8-16-21-10-15(24-16)7-6-13-4-2-1-3-5-13/h1-5,10,12H,6-9,11H2,(H4,19,20,22,23). The van der Waals surface area contributed by atoms with Crippen molar-refractivity contribution in [2.24, 2.45) is 16.5 Å². The minimum absolute atomic E-state index is 0.0329. The molecule has 0 unspecified atom stereocenters. The first-order chi connectivity index (χ1) is 12.7. The van der Waals surface area contributed by atoms with Crippen molar-refractivity contribution in [2.75, 3.05) is 5.75 Å². The van der Waals surface area contributed by atoms with Crippen molar-refractivity contribution in [2.45, 2.75) is 25.0 Å². The van der Waals surface area contributed by atoms with Crippen LogP contribution in [-0.4, -0.2) is 21.7 Å². The summed E-state index contributed by atoms with van der Waals surface area (Å²) in [6, 6.07) is 10.4. The maximum atomic E-state index is 5.82. The molecular formula is C18H21N5OS2. The van der Waals surface area contributed by atoms with Crippen LogP contribution in [0.3, 0.4) is 0 Å². The fourth-order valence-electron chi connectivity index (χ4n) is 2.35. The molecule has 0 bridgehead atoms. The van der Waals surface area contributed by atoms with E-state index in [0.29, 0.717) is 5.13 Å². The third kappa shape index (κ3) is 5.89. The van der Waals surface area contributed by atoms with Crippen LogP contribution in [0.2, 0.25) is 0 Å². The lowest BCUT2D eigenvalue weighted by Gasteiger charge is -1.99. The van der Waals surface area contributed by atoms with Gasteiger partial charge in [-0.05, 0) is 12.0 Å². The zero-order valence-electron chi connectivity index (χ0n) is 14.3. The van der Waals surface area contributed by atoms with Crippen molar-refractivity contribution in [1.82, 2.24) is 9.97 Å². The molecule has 0 aliphatic rings. The maximum absolute atomic E-state index is 5.82. The molecular weight excluding hydrogens is 366 g/mol. The summed E-state index contributed by atoms with van der Waals surface area (Å²) in [5.74, 6) is 3.51. The number of hydrogen-bond acceptors (Lipinski definition) is 6. The predicted octanol–water partition coefficient (Wildman–Crippen LogP) is 3.30. The smallest absolute Gasteiger partial charge is 0.212 e. The Bertz CT molecular complexity index is 840. The van der Waals surface area contributed by atoms with E-state index < -0.39 is 0 Å². The molecule has 4 N–H and O–H groups in total.